The molecule has 0 unspecified atom stereocenters. The lowest BCUT2D eigenvalue weighted by molar-refractivity contribution is 1.23. The molecule has 4 aromatic heterocycles. The summed E-state index contributed by atoms with van der Waals surface area (Å²) in [6.45, 7) is 0. The first-order chi connectivity index (χ1) is 10.3. The van der Waals surface area contributed by atoms with Crippen LogP contribution in [0.3, 0.4) is 0 Å². The van der Waals surface area contributed by atoms with Crippen molar-refractivity contribution in [1.82, 2.24) is 19.4 Å². The second kappa shape index (κ2) is 4.68. The minimum Gasteiger partial charge on any atom is -0.383 e. The first-order valence-corrected chi connectivity index (χ1v) is 7.30. The highest BCUT2D eigenvalue weighted by molar-refractivity contribution is 7.15. The molecular weight excluding hydrogens is 282 g/mol. The molecule has 0 radical (unpaired) electrons. The van der Waals surface area contributed by atoms with Crippen LogP contribution in [0.2, 0.25) is 0 Å². The highest BCUT2D eigenvalue weighted by atomic mass is 32.1. The summed E-state index contributed by atoms with van der Waals surface area (Å²) in [4.78, 5) is 13.8. The van der Waals surface area contributed by atoms with Crippen molar-refractivity contribution < 1.29 is 0 Å². The average molecular weight is 293 g/mol. The van der Waals surface area contributed by atoms with Crippen LogP contribution in [0.5, 0.6) is 0 Å². The SMILES string of the molecule is Nc1c(-c2ccccn2)nc2scc(-c3ccncc3)n12. The molecular formula is C15H11N5S. The predicted octanol–water partition coefficient (Wildman–Crippen LogP) is 3.10. The van der Waals surface area contributed by atoms with Gasteiger partial charge < -0.3 is 5.73 Å². The van der Waals surface area contributed by atoms with Gasteiger partial charge in [0.05, 0.1) is 11.4 Å². The van der Waals surface area contributed by atoms with E-state index >= 15 is 0 Å². The molecule has 5 nitrogen and oxygen atoms in total. The number of hydrogen-bond acceptors (Lipinski definition) is 5. The zero-order valence-electron chi connectivity index (χ0n) is 11.0. The van der Waals surface area contributed by atoms with Crippen LogP contribution in [0, 0.1) is 0 Å². The predicted molar refractivity (Wildman–Crippen MR) is 83.9 cm³/mol. The first kappa shape index (κ1) is 12.0. The molecule has 0 aromatic carbocycles. The summed E-state index contributed by atoms with van der Waals surface area (Å²) < 4.78 is 1.96. The van der Waals surface area contributed by atoms with Crippen molar-refractivity contribution in [2.75, 3.05) is 5.73 Å². The van der Waals surface area contributed by atoms with Crippen molar-refractivity contribution in [3.05, 3.63) is 54.3 Å². The molecule has 21 heavy (non-hydrogen) atoms. The number of thiazole rings is 1. The molecule has 0 bridgehead atoms. The van der Waals surface area contributed by atoms with Gasteiger partial charge in [0.25, 0.3) is 0 Å². The summed E-state index contributed by atoms with van der Waals surface area (Å²) in [5.41, 5.74) is 9.89. The largest absolute Gasteiger partial charge is 0.383 e. The van der Waals surface area contributed by atoms with E-state index in [1.54, 1.807) is 29.9 Å². The van der Waals surface area contributed by atoms with Gasteiger partial charge in [0.15, 0.2) is 4.96 Å². The van der Waals surface area contributed by atoms with Crippen LogP contribution in [0.25, 0.3) is 27.6 Å². The summed E-state index contributed by atoms with van der Waals surface area (Å²) in [7, 11) is 0. The maximum absolute atomic E-state index is 6.31. The molecule has 0 aliphatic heterocycles. The lowest BCUT2D eigenvalue weighted by Crippen LogP contribution is -1.96. The molecule has 4 heterocycles. The van der Waals surface area contributed by atoms with Crippen molar-refractivity contribution in [1.29, 1.82) is 0 Å². The summed E-state index contributed by atoms with van der Waals surface area (Å²) >= 11 is 1.56. The van der Waals surface area contributed by atoms with Gasteiger partial charge in [-0.3, -0.25) is 14.4 Å². The van der Waals surface area contributed by atoms with Crippen LogP contribution in [0.15, 0.2) is 54.3 Å². The fourth-order valence-corrected chi connectivity index (χ4v) is 3.20. The standard InChI is InChI=1S/C15H11N5S/c16-14-13(11-3-1-2-6-18-11)19-15-20(14)12(9-21-15)10-4-7-17-8-5-10/h1-9H,16H2. The van der Waals surface area contributed by atoms with E-state index in [2.05, 4.69) is 20.3 Å². The Morgan fingerprint density at radius 3 is 2.67 bits per heavy atom. The average Bonchev–Trinajstić information content (AvgIpc) is 3.10. The lowest BCUT2D eigenvalue weighted by Gasteiger charge is -2.02. The van der Waals surface area contributed by atoms with Gasteiger partial charge in [-0.25, -0.2) is 4.98 Å². The third-order valence-corrected chi connectivity index (χ3v) is 4.11. The number of nitrogens with zero attached hydrogens (tertiary/aromatic N) is 4. The third-order valence-electron chi connectivity index (χ3n) is 3.28. The number of rotatable bonds is 2. The molecule has 102 valence electrons. The molecule has 0 aliphatic carbocycles. The zero-order valence-corrected chi connectivity index (χ0v) is 11.8. The van der Waals surface area contributed by atoms with Gasteiger partial charge in [-0.1, -0.05) is 6.07 Å². The van der Waals surface area contributed by atoms with Crippen molar-refractivity contribution in [2.24, 2.45) is 0 Å². The minimum atomic E-state index is 0.608. The quantitative estimate of drug-likeness (QED) is 0.616. The number of pyridine rings is 2. The summed E-state index contributed by atoms with van der Waals surface area (Å²) in [6.07, 6.45) is 5.28. The number of hydrogen-bond donors (Lipinski definition) is 1. The van der Waals surface area contributed by atoms with Gasteiger partial charge in [-0.15, -0.1) is 11.3 Å². The van der Waals surface area contributed by atoms with Crippen molar-refractivity contribution in [2.45, 2.75) is 0 Å². The van der Waals surface area contributed by atoms with Gasteiger partial charge in [-0.05, 0) is 24.3 Å². The molecule has 4 aromatic rings. The normalized spacial score (nSPS) is 11.0. The topological polar surface area (TPSA) is 69.1 Å². The Morgan fingerprint density at radius 1 is 1.05 bits per heavy atom. The van der Waals surface area contributed by atoms with E-state index in [0.717, 1.165) is 27.6 Å². The Kier molecular flexibility index (Phi) is 2.68. The van der Waals surface area contributed by atoms with Crippen LogP contribution in [-0.4, -0.2) is 19.4 Å². The maximum Gasteiger partial charge on any atom is 0.196 e. The Labute approximate surface area is 124 Å². The van der Waals surface area contributed by atoms with Gasteiger partial charge in [0, 0.05) is 29.5 Å². The molecule has 0 saturated heterocycles. The van der Waals surface area contributed by atoms with Gasteiger partial charge >= 0.3 is 0 Å². The van der Waals surface area contributed by atoms with Crippen LogP contribution in [-0.2, 0) is 0 Å². The number of fused-ring (bicyclic) bond motifs is 1. The molecule has 4 rings (SSSR count). The van der Waals surface area contributed by atoms with E-state index < -0.39 is 0 Å². The van der Waals surface area contributed by atoms with Crippen LogP contribution in [0.4, 0.5) is 5.82 Å². The molecule has 0 atom stereocenters. The molecule has 0 aliphatic rings. The fraction of sp³-hybridized carbons (Fsp3) is 0. The van der Waals surface area contributed by atoms with E-state index in [1.165, 1.54) is 0 Å². The molecule has 0 spiro atoms. The molecule has 0 saturated carbocycles. The number of imidazole rings is 1. The van der Waals surface area contributed by atoms with Gasteiger partial charge in [0.2, 0.25) is 0 Å². The Balaban J connectivity index is 1.95. The fourth-order valence-electron chi connectivity index (χ4n) is 2.30. The molecule has 2 N–H and O–H groups in total. The molecule has 6 heteroatoms. The summed E-state index contributed by atoms with van der Waals surface area (Å²) in [5, 5.41) is 2.05. The Bertz CT molecular complexity index is 896. The minimum absolute atomic E-state index is 0.608. The first-order valence-electron chi connectivity index (χ1n) is 6.42. The third kappa shape index (κ3) is 1.88. The van der Waals surface area contributed by atoms with Crippen molar-refractivity contribution >= 4 is 22.1 Å². The van der Waals surface area contributed by atoms with Crippen LogP contribution < -0.4 is 5.73 Å². The number of nitrogens with two attached hydrogens (primary N) is 1. The summed E-state index contributed by atoms with van der Waals surface area (Å²) in [5.74, 6) is 0.608. The second-order valence-corrected chi connectivity index (χ2v) is 5.37. The highest BCUT2D eigenvalue weighted by Gasteiger charge is 2.17. The lowest BCUT2D eigenvalue weighted by atomic mass is 10.2. The van der Waals surface area contributed by atoms with Crippen LogP contribution >= 0.6 is 11.3 Å². The van der Waals surface area contributed by atoms with E-state index in [-0.39, 0.29) is 0 Å². The van der Waals surface area contributed by atoms with E-state index in [9.17, 15) is 0 Å². The van der Waals surface area contributed by atoms with Crippen molar-refractivity contribution in [3.8, 4) is 22.6 Å². The number of nitrogen functional groups attached to an aromatic ring is 1. The monoisotopic (exact) mass is 293 g/mol. The maximum atomic E-state index is 6.31. The number of anilines is 1. The van der Waals surface area contributed by atoms with Gasteiger partial charge in [0.1, 0.15) is 11.5 Å². The number of aromatic nitrogens is 4. The Hall–Kier alpha value is -2.73. The summed E-state index contributed by atoms with van der Waals surface area (Å²) in [6, 6.07) is 9.64. The van der Waals surface area contributed by atoms with Crippen LogP contribution in [0.1, 0.15) is 0 Å². The van der Waals surface area contributed by atoms with Crippen molar-refractivity contribution in [3.63, 3.8) is 0 Å². The van der Waals surface area contributed by atoms with E-state index in [1.807, 2.05) is 34.7 Å². The van der Waals surface area contributed by atoms with E-state index in [0.29, 0.717) is 5.82 Å². The van der Waals surface area contributed by atoms with Gasteiger partial charge in [-0.2, -0.15) is 0 Å². The zero-order chi connectivity index (χ0) is 14.2. The molecule has 0 amide bonds. The smallest absolute Gasteiger partial charge is 0.196 e. The molecule has 0 fully saturated rings. The highest BCUT2D eigenvalue weighted by Crippen LogP contribution is 2.33. The second-order valence-electron chi connectivity index (χ2n) is 4.54. The Morgan fingerprint density at radius 2 is 1.90 bits per heavy atom. The van der Waals surface area contributed by atoms with E-state index in [4.69, 9.17) is 5.73 Å².